The monoisotopic (exact) mass is 322 g/mol. The molecule has 1 atom stereocenters. The number of hydrogen-bond donors (Lipinski definition) is 2. The number of aromatic nitrogens is 3. The van der Waals surface area contributed by atoms with E-state index in [0.717, 1.165) is 47.7 Å². The van der Waals surface area contributed by atoms with E-state index >= 15 is 0 Å². The quantitative estimate of drug-likeness (QED) is 0.775. The lowest BCUT2D eigenvalue weighted by molar-refractivity contribution is 0.0697. The van der Waals surface area contributed by atoms with Crippen LogP contribution in [0.5, 0.6) is 0 Å². The van der Waals surface area contributed by atoms with Crippen molar-refractivity contribution in [2.75, 3.05) is 6.54 Å². The second-order valence-corrected chi connectivity index (χ2v) is 6.15. The maximum Gasteiger partial charge on any atom is 0.335 e. The summed E-state index contributed by atoms with van der Waals surface area (Å²) < 4.78 is 1.85. The van der Waals surface area contributed by atoms with Crippen molar-refractivity contribution in [1.29, 1.82) is 0 Å². The smallest absolute Gasteiger partial charge is 0.335 e. The molecule has 2 N–H and O–H groups in total. The molecule has 1 fully saturated rings. The number of aryl methyl sites for hydroxylation is 1. The summed E-state index contributed by atoms with van der Waals surface area (Å²) >= 11 is 0. The van der Waals surface area contributed by atoms with E-state index in [-0.39, 0.29) is 11.6 Å². The van der Waals surface area contributed by atoms with Gasteiger partial charge in [0.1, 0.15) is 0 Å². The number of nitrogens with zero attached hydrogens (tertiary/aromatic N) is 3. The van der Waals surface area contributed by atoms with Gasteiger partial charge in [-0.2, -0.15) is 5.10 Å². The Kier molecular flexibility index (Phi) is 3.54. The summed E-state index contributed by atoms with van der Waals surface area (Å²) in [5.74, 6) is -0.925. The van der Waals surface area contributed by atoms with E-state index in [1.807, 2.05) is 35.7 Å². The van der Waals surface area contributed by atoms with Crippen LogP contribution in [0.1, 0.15) is 40.6 Å². The topological polar surface area (TPSA) is 79.5 Å². The maximum absolute atomic E-state index is 11.0. The molecule has 24 heavy (non-hydrogen) atoms. The molecule has 0 saturated carbocycles. The first-order chi connectivity index (χ1) is 11.6. The van der Waals surface area contributed by atoms with Gasteiger partial charge in [-0.15, -0.1) is 0 Å². The van der Waals surface area contributed by atoms with E-state index in [9.17, 15) is 4.79 Å². The SMILES string of the molecule is Cc1cc(-c2ccc(C(=O)O)cc2)n2nc(C3CCCN3)cc2n1. The molecule has 3 aromatic rings. The molecule has 0 amide bonds. The minimum absolute atomic E-state index is 0.275. The van der Waals surface area contributed by atoms with Gasteiger partial charge in [0.05, 0.1) is 23.0 Å². The van der Waals surface area contributed by atoms with Crippen LogP contribution in [0.2, 0.25) is 0 Å². The molecule has 0 bridgehead atoms. The zero-order valence-electron chi connectivity index (χ0n) is 13.4. The molecule has 122 valence electrons. The van der Waals surface area contributed by atoms with Gasteiger partial charge in [-0.25, -0.2) is 14.3 Å². The fourth-order valence-electron chi connectivity index (χ4n) is 3.21. The normalized spacial score (nSPS) is 17.5. The van der Waals surface area contributed by atoms with Crippen LogP contribution in [0.3, 0.4) is 0 Å². The molecule has 1 unspecified atom stereocenters. The van der Waals surface area contributed by atoms with E-state index < -0.39 is 5.97 Å². The fraction of sp³-hybridized carbons (Fsp3) is 0.278. The molecule has 6 heteroatoms. The number of fused-ring (bicyclic) bond motifs is 1. The maximum atomic E-state index is 11.0. The molecule has 0 radical (unpaired) electrons. The second-order valence-electron chi connectivity index (χ2n) is 6.15. The average Bonchev–Trinajstić information content (AvgIpc) is 3.23. The Bertz CT molecular complexity index is 909. The molecule has 3 heterocycles. The Morgan fingerprint density at radius 3 is 2.75 bits per heavy atom. The van der Waals surface area contributed by atoms with Crippen molar-refractivity contribution in [3.05, 3.63) is 53.3 Å². The third kappa shape index (κ3) is 2.55. The van der Waals surface area contributed by atoms with Crippen LogP contribution in [-0.4, -0.2) is 32.2 Å². The highest BCUT2D eigenvalue weighted by atomic mass is 16.4. The summed E-state index contributed by atoms with van der Waals surface area (Å²) in [4.78, 5) is 15.6. The van der Waals surface area contributed by atoms with Crippen molar-refractivity contribution in [3.8, 4) is 11.3 Å². The van der Waals surface area contributed by atoms with Gasteiger partial charge in [0.25, 0.3) is 0 Å². The number of carboxylic acid groups (broad SMARTS) is 1. The number of hydrogen-bond acceptors (Lipinski definition) is 4. The van der Waals surface area contributed by atoms with Crippen LogP contribution in [0.25, 0.3) is 16.9 Å². The van der Waals surface area contributed by atoms with E-state index in [4.69, 9.17) is 10.2 Å². The van der Waals surface area contributed by atoms with Gasteiger partial charge in [-0.1, -0.05) is 12.1 Å². The summed E-state index contributed by atoms with van der Waals surface area (Å²) in [5.41, 5.74) is 4.84. The molecular weight excluding hydrogens is 304 g/mol. The number of carboxylic acids is 1. The molecule has 6 nitrogen and oxygen atoms in total. The van der Waals surface area contributed by atoms with Crippen molar-refractivity contribution in [2.45, 2.75) is 25.8 Å². The zero-order valence-corrected chi connectivity index (χ0v) is 13.4. The van der Waals surface area contributed by atoms with Gasteiger partial charge in [0.15, 0.2) is 5.65 Å². The molecule has 1 saturated heterocycles. The number of nitrogens with one attached hydrogen (secondary N) is 1. The van der Waals surface area contributed by atoms with Crippen LogP contribution in [-0.2, 0) is 0 Å². The Labute approximate surface area is 139 Å². The Morgan fingerprint density at radius 1 is 1.29 bits per heavy atom. The van der Waals surface area contributed by atoms with Gasteiger partial charge in [0.2, 0.25) is 0 Å². The molecule has 2 aromatic heterocycles. The number of benzene rings is 1. The van der Waals surface area contributed by atoms with E-state index in [1.54, 1.807) is 12.1 Å². The summed E-state index contributed by atoms with van der Waals surface area (Å²) in [6.07, 6.45) is 2.25. The molecule has 4 rings (SSSR count). The number of rotatable bonds is 3. The summed E-state index contributed by atoms with van der Waals surface area (Å²) in [7, 11) is 0. The average molecular weight is 322 g/mol. The minimum atomic E-state index is -0.925. The fourth-order valence-corrected chi connectivity index (χ4v) is 3.21. The van der Waals surface area contributed by atoms with Crippen molar-refractivity contribution in [3.63, 3.8) is 0 Å². The van der Waals surface area contributed by atoms with Crippen molar-refractivity contribution in [1.82, 2.24) is 19.9 Å². The first-order valence-corrected chi connectivity index (χ1v) is 8.06. The largest absolute Gasteiger partial charge is 0.478 e. The predicted octanol–water partition coefficient (Wildman–Crippen LogP) is 2.83. The van der Waals surface area contributed by atoms with Crippen LogP contribution in [0.15, 0.2) is 36.4 Å². The Hall–Kier alpha value is -2.73. The first-order valence-electron chi connectivity index (χ1n) is 8.06. The highest BCUT2D eigenvalue weighted by Gasteiger charge is 2.20. The molecule has 0 aliphatic carbocycles. The summed E-state index contributed by atoms with van der Waals surface area (Å²) in [5, 5.41) is 17.3. The molecule has 1 aromatic carbocycles. The van der Waals surface area contributed by atoms with Gasteiger partial charge in [-0.3, -0.25) is 0 Å². The van der Waals surface area contributed by atoms with E-state index in [0.29, 0.717) is 0 Å². The van der Waals surface area contributed by atoms with Crippen LogP contribution >= 0.6 is 0 Å². The zero-order chi connectivity index (χ0) is 16.7. The van der Waals surface area contributed by atoms with Gasteiger partial charge >= 0.3 is 5.97 Å². The van der Waals surface area contributed by atoms with Gasteiger partial charge in [-0.05, 0) is 44.5 Å². The highest BCUT2D eigenvalue weighted by molar-refractivity contribution is 5.88. The van der Waals surface area contributed by atoms with Gasteiger partial charge in [0, 0.05) is 17.3 Å². The number of carbonyl (C=O) groups is 1. The first kappa shape index (κ1) is 14.8. The van der Waals surface area contributed by atoms with Crippen LogP contribution in [0.4, 0.5) is 0 Å². The lowest BCUT2D eigenvalue weighted by Gasteiger charge is -2.07. The third-order valence-corrected chi connectivity index (χ3v) is 4.42. The van der Waals surface area contributed by atoms with Crippen molar-refractivity contribution >= 4 is 11.6 Å². The van der Waals surface area contributed by atoms with E-state index in [2.05, 4.69) is 10.3 Å². The summed E-state index contributed by atoms with van der Waals surface area (Å²) in [6, 6.07) is 11.1. The standard InChI is InChI=1S/C18H18N4O2/c1-11-9-16(12-4-6-13(7-5-12)18(23)24)22-17(20-11)10-15(21-22)14-3-2-8-19-14/h4-7,9-10,14,19H,2-3,8H2,1H3,(H,23,24). The van der Waals surface area contributed by atoms with Crippen LogP contribution < -0.4 is 5.32 Å². The third-order valence-electron chi connectivity index (χ3n) is 4.42. The minimum Gasteiger partial charge on any atom is -0.478 e. The van der Waals surface area contributed by atoms with Crippen molar-refractivity contribution in [2.24, 2.45) is 0 Å². The molecule has 0 spiro atoms. The molecule has 1 aliphatic heterocycles. The lowest BCUT2D eigenvalue weighted by atomic mass is 10.1. The van der Waals surface area contributed by atoms with Crippen molar-refractivity contribution < 1.29 is 9.90 Å². The van der Waals surface area contributed by atoms with Gasteiger partial charge < -0.3 is 10.4 Å². The van der Waals surface area contributed by atoms with E-state index in [1.165, 1.54) is 0 Å². The molecular formula is C18H18N4O2. The Morgan fingerprint density at radius 2 is 2.08 bits per heavy atom. The number of aromatic carboxylic acids is 1. The molecule has 1 aliphatic rings. The second kappa shape index (κ2) is 5.72. The lowest BCUT2D eigenvalue weighted by Crippen LogP contribution is -2.13. The highest BCUT2D eigenvalue weighted by Crippen LogP contribution is 2.26. The Balaban J connectivity index is 1.82. The summed E-state index contributed by atoms with van der Waals surface area (Å²) in [6.45, 7) is 2.98. The predicted molar refractivity (Wildman–Crippen MR) is 90.1 cm³/mol. The van der Waals surface area contributed by atoms with Crippen LogP contribution in [0, 0.1) is 6.92 Å².